The number of halogens is 2. The number of rotatable bonds is 7. The molecule has 2 N–H and O–H groups in total. The molecular weight excluding hydrogens is 368 g/mol. The Balaban J connectivity index is 0.00000361. The molecule has 0 aliphatic rings. The molecule has 0 aliphatic heterocycles. The van der Waals surface area contributed by atoms with Crippen LogP contribution in [0.3, 0.4) is 0 Å². The molecule has 0 unspecified atom stereocenters. The van der Waals surface area contributed by atoms with Crippen LogP contribution >= 0.6 is 24.0 Å². The molecule has 0 fully saturated rings. The lowest BCUT2D eigenvalue weighted by Crippen LogP contribution is -2.37. The SMILES string of the molecule is CCCCCNC(=NCc1ccc(F)cc1)NCC.I. The molecule has 1 aromatic rings. The topological polar surface area (TPSA) is 36.4 Å². The van der Waals surface area contributed by atoms with Crippen molar-refractivity contribution in [1.29, 1.82) is 0 Å². The van der Waals surface area contributed by atoms with Crippen LogP contribution in [0.5, 0.6) is 0 Å². The predicted octanol–water partition coefficient (Wildman–Crippen LogP) is 3.69. The molecule has 0 radical (unpaired) electrons. The minimum atomic E-state index is -0.211. The summed E-state index contributed by atoms with van der Waals surface area (Å²) in [6, 6.07) is 6.46. The van der Waals surface area contributed by atoms with Crippen molar-refractivity contribution in [2.24, 2.45) is 4.99 Å². The summed E-state index contributed by atoms with van der Waals surface area (Å²) in [5.41, 5.74) is 1.01. The van der Waals surface area contributed by atoms with Crippen molar-refractivity contribution in [2.75, 3.05) is 13.1 Å². The van der Waals surface area contributed by atoms with Gasteiger partial charge in [0.05, 0.1) is 6.54 Å². The van der Waals surface area contributed by atoms with E-state index in [2.05, 4.69) is 22.5 Å². The van der Waals surface area contributed by atoms with E-state index in [1.165, 1.54) is 25.0 Å². The fourth-order valence-corrected chi connectivity index (χ4v) is 1.68. The quantitative estimate of drug-likeness (QED) is 0.321. The molecule has 0 aliphatic carbocycles. The van der Waals surface area contributed by atoms with E-state index in [1.54, 1.807) is 12.1 Å². The molecular formula is C15H25FIN3. The summed E-state index contributed by atoms with van der Waals surface area (Å²) in [4.78, 5) is 4.48. The van der Waals surface area contributed by atoms with Gasteiger partial charge in [-0.25, -0.2) is 9.38 Å². The highest BCUT2D eigenvalue weighted by Crippen LogP contribution is 2.03. The van der Waals surface area contributed by atoms with Gasteiger partial charge in [-0.05, 0) is 31.0 Å². The van der Waals surface area contributed by atoms with Gasteiger partial charge in [-0.2, -0.15) is 0 Å². The standard InChI is InChI=1S/C15H24FN3.HI/c1-3-5-6-11-18-15(17-4-2)19-12-13-7-9-14(16)10-8-13;/h7-10H,3-6,11-12H2,1-2H3,(H2,17,18,19);1H. The number of guanidine groups is 1. The van der Waals surface area contributed by atoms with Gasteiger partial charge in [0.15, 0.2) is 5.96 Å². The largest absolute Gasteiger partial charge is 0.357 e. The normalized spacial score (nSPS) is 10.8. The summed E-state index contributed by atoms with van der Waals surface area (Å²) in [7, 11) is 0. The molecule has 0 saturated heterocycles. The maximum Gasteiger partial charge on any atom is 0.191 e. The first-order valence-electron chi connectivity index (χ1n) is 7.03. The Kier molecular flexibility index (Phi) is 11.4. The number of nitrogens with one attached hydrogen (secondary N) is 2. The summed E-state index contributed by atoms with van der Waals surface area (Å²) < 4.78 is 12.8. The number of benzene rings is 1. The monoisotopic (exact) mass is 393 g/mol. The maximum absolute atomic E-state index is 12.8. The summed E-state index contributed by atoms with van der Waals surface area (Å²) in [5, 5.41) is 6.51. The van der Waals surface area contributed by atoms with Gasteiger partial charge in [-0.15, -0.1) is 24.0 Å². The summed E-state index contributed by atoms with van der Waals surface area (Å²) in [6.07, 6.45) is 3.59. The van der Waals surface area contributed by atoms with Gasteiger partial charge in [-0.3, -0.25) is 0 Å². The molecule has 0 spiro atoms. The molecule has 5 heteroatoms. The van der Waals surface area contributed by atoms with E-state index in [0.717, 1.165) is 31.0 Å². The molecule has 1 rings (SSSR count). The van der Waals surface area contributed by atoms with Crippen LogP contribution in [0.15, 0.2) is 29.3 Å². The highest BCUT2D eigenvalue weighted by Gasteiger charge is 1.97. The van der Waals surface area contributed by atoms with Crippen molar-refractivity contribution in [2.45, 2.75) is 39.7 Å². The van der Waals surface area contributed by atoms with Crippen LogP contribution in [0.25, 0.3) is 0 Å². The molecule has 20 heavy (non-hydrogen) atoms. The Bertz CT molecular complexity index is 379. The Hall–Kier alpha value is -0.850. The second kappa shape index (κ2) is 11.9. The van der Waals surface area contributed by atoms with Crippen molar-refractivity contribution in [3.05, 3.63) is 35.6 Å². The van der Waals surface area contributed by atoms with Crippen molar-refractivity contribution in [3.63, 3.8) is 0 Å². The molecule has 114 valence electrons. The van der Waals surface area contributed by atoms with Gasteiger partial charge in [0.25, 0.3) is 0 Å². The molecule has 0 aromatic heterocycles. The van der Waals surface area contributed by atoms with E-state index in [0.29, 0.717) is 6.54 Å². The minimum Gasteiger partial charge on any atom is -0.357 e. The Morgan fingerprint density at radius 2 is 1.80 bits per heavy atom. The van der Waals surface area contributed by atoms with Gasteiger partial charge in [0.2, 0.25) is 0 Å². The second-order valence-electron chi connectivity index (χ2n) is 4.46. The van der Waals surface area contributed by atoms with Crippen LogP contribution in [-0.2, 0) is 6.54 Å². The zero-order valence-corrected chi connectivity index (χ0v) is 14.6. The van der Waals surface area contributed by atoms with E-state index in [-0.39, 0.29) is 29.8 Å². The van der Waals surface area contributed by atoms with Gasteiger partial charge in [-0.1, -0.05) is 31.9 Å². The molecule has 1 aromatic carbocycles. The van der Waals surface area contributed by atoms with Gasteiger partial charge in [0.1, 0.15) is 5.82 Å². The van der Waals surface area contributed by atoms with Gasteiger partial charge < -0.3 is 10.6 Å². The van der Waals surface area contributed by atoms with Crippen LogP contribution in [0, 0.1) is 5.82 Å². The molecule has 0 atom stereocenters. The number of aliphatic imine (C=N–C) groups is 1. The number of hydrogen-bond acceptors (Lipinski definition) is 1. The third kappa shape index (κ3) is 8.35. The van der Waals surface area contributed by atoms with E-state index < -0.39 is 0 Å². The van der Waals surface area contributed by atoms with E-state index >= 15 is 0 Å². The minimum absolute atomic E-state index is 0. The first kappa shape index (κ1) is 19.1. The fourth-order valence-electron chi connectivity index (χ4n) is 1.68. The van der Waals surface area contributed by atoms with E-state index in [1.807, 2.05) is 6.92 Å². The van der Waals surface area contributed by atoms with Crippen molar-refractivity contribution >= 4 is 29.9 Å². The predicted molar refractivity (Wildman–Crippen MR) is 94.2 cm³/mol. The number of hydrogen-bond donors (Lipinski definition) is 2. The Labute approximate surface area is 138 Å². The van der Waals surface area contributed by atoms with Crippen LogP contribution in [0.4, 0.5) is 4.39 Å². The number of unbranched alkanes of at least 4 members (excludes halogenated alkanes) is 2. The van der Waals surface area contributed by atoms with Crippen LogP contribution in [0.2, 0.25) is 0 Å². The van der Waals surface area contributed by atoms with Gasteiger partial charge in [0, 0.05) is 13.1 Å². The van der Waals surface area contributed by atoms with Gasteiger partial charge >= 0.3 is 0 Å². The first-order chi connectivity index (χ1) is 9.26. The highest BCUT2D eigenvalue weighted by atomic mass is 127. The summed E-state index contributed by atoms with van der Waals surface area (Å²) in [6.45, 7) is 6.56. The van der Waals surface area contributed by atoms with Crippen molar-refractivity contribution < 1.29 is 4.39 Å². The molecule has 0 amide bonds. The third-order valence-electron chi connectivity index (χ3n) is 2.75. The number of nitrogens with zero attached hydrogens (tertiary/aromatic N) is 1. The van der Waals surface area contributed by atoms with Crippen molar-refractivity contribution in [1.82, 2.24) is 10.6 Å². The smallest absolute Gasteiger partial charge is 0.191 e. The summed E-state index contributed by atoms with van der Waals surface area (Å²) >= 11 is 0. The summed E-state index contributed by atoms with van der Waals surface area (Å²) in [5.74, 6) is 0.611. The fraction of sp³-hybridized carbons (Fsp3) is 0.533. The lowest BCUT2D eigenvalue weighted by atomic mass is 10.2. The molecule has 0 saturated carbocycles. The lowest BCUT2D eigenvalue weighted by Gasteiger charge is -2.11. The van der Waals surface area contributed by atoms with Crippen LogP contribution < -0.4 is 10.6 Å². The Morgan fingerprint density at radius 3 is 2.40 bits per heavy atom. The Morgan fingerprint density at radius 1 is 1.10 bits per heavy atom. The molecule has 0 bridgehead atoms. The van der Waals surface area contributed by atoms with E-state index in [4.69, 9.17) is 0 Å². The zero-order valence-electron chi connectivity index (χ0n) is 12.3. The van der Waals surface area contributed by atoms with Crippen LogP contribution in [0.1, 0.15) is 38.7 Å². The first-order valence-corrected chi connectivity index (χ1v) is 7.03. The molecule has 3 nitrogen and oxygen atoms in total. The zero-order chi connectivity index (χ0) is 13.9. The maximum atomic E-state index is 12.8. The lowest BCUT2D eigenvalue weighted by molar-refractivity contribution is 0.627. The third-order valence-corrected chi connectivity index (χ3v) is 2.75. The van der Waals surface area contributed by atoms with E-state index in [9.17, 15) is 4.39 Å². The average Bonchev–Trinajstić information content (AvgIpc) is 2.42. The second-order valence-corrected chi connectivity index (χ2v) is 4.46. The van der Waals surface area contributed by atoms with Crippen molar-refractivity contribution in [3.8, 4) is 0 Å². The van der Waals surface area contributed by atoms with Crippen LogP contribution in [-0.4, -0.2) is 19.0 Å². The average molecular weight is 393 g/mol. The highest BCUT2D eigenvalue weighted by molar-refractivity contribution is 14.0. The molecule has 0 heterocycles.